The molecule has 0 bridgehead atoms. The Balaban J connectivity index is 3.23. The first-order chi connectivity index (χ1) is 8.35. The molecule has 0 aliphatic carbocycles. The second-order valence-corrected chi connectivity index (χ2v) is 8.94. The Morgan fingerprint density at radius 3 is 1.59 bits per heavy atom. The number of hydrogen-bond donors (Lipinski definition) is 0. The molecule has 17 heavy (non-hydrogen) atoms. The van der Waals surface area contributed by atoms with Crippen molar-refractivity contribution in [1.82, 2.24) is 0 Å². The van der Waals surface area contributed by atoms with Crippen LogP contribution in [-0.2, 0) is 28.3 Å². The van der Waals surface area contributed by atoms with Crippen molar-refractivity contribution in [3.63, 3.8) is 0 Å². The van der Waals surface area contributed by atoms with E-state index in [1.165, 1.54) is 55.5 Å². The Labute approximate surface area is 117 Å². The van der Waals surface area contributed by atoms with Gasteiger partial charge in [0, 0.05) is 0 Å². The van der Waals surface area contributed by atoms with Crippen molar-refractivity contribution in [2.24, 2.45) is 0 Å². The van der Waals surface area contributed by atoms with Crippen LogP contribution in [0.25, 0.3) is 0 Å². The SMILES string of the molecule is CCCCCCCCC[CH2][Zr]([O]CC)[O]CC. The van der Waals surface area contributed by atoms with Crippen LogP contribution in [0.2, 0.25) is 4.13 Å². The zero-order chi connectivity index (χ0) is 12.8. The van der Waals surface area contributed by atoms with Crippen molar-refractivity contribution in [3.8, 4) is 0 Å². The molecule has 0 heterocycles. The molecule has 0 N–H and O–H groups in total. The average Bonchev–Trinajstić information content (AvgIpc) is 2.33. The van der Waals surface area contributed by atoms with E-state index in [4.69, 9.17) is 5.63 Å². The molecule has 0 saturated carbocycles. The standard InChI is InChI=1S/C10H21.2C2H5O.Zr/c1-3-5-7-9-10-8-6-4-2;2*1-2-3;/h1,3-10H2,2H3;2*2H2,1H3;/q;2*-1;+2. The van der Waals surface area contributed by atoms with Gasteiger partial charge in [-0.2, -0.15) is 0 Å². The van der Waals surface area contributed by atoms with Crippen molar-refractivity contribution in [3.05, 3.63) is 0 Å². The molecule has 0 aliphatic heterocycles. The minimum absolute atomic E-state index is 0.839. The molecule has 0 atom stereocenters. The molecule has 103 valence electrons. The molecule has 0 aromatic rings. The molecule has 0 unspecified atom stereocenters. The van der Waals surface area contributed by atoms with Crippen LogP contribution in [0.4, 0.5) is 0 Å². The summed E-state index contributed by atoms with van der Waals surface area (Å²) < 4.78 is 12.7. The van der Waals surface area contributed by atoms with Gasteiger partial charge in [0.05, 0.1) is 0 Å². The Morgan fingerprint density at radius 2 is 1.12 bits per heavy atom. The molecule has 0 rings (SSSR count). The van der Waals surface area contributed by atoms with E-state index in [0.29, 0.717) is 0 Å². The molecule has 0 fully saturated rings. The molecule has 0 aromatic heterocycles. The average molecular weight is 323 g/mol. The summed E-state index contributed by atoms with van der Waals surface area (Å²) in [5, 5.41) is 0. The van der Waals surface area contributed by atoms with E-state index in [-0.39, 0.29) is 0 Å². The van der Waals surface area contributed by atoms with Crippen LogP contribution in [-0.4, -0.2) is 13.2 Å². The van der Waals surface area contributed by atoms with Gasteiger partial charge in [0.15, 0.2) is 0 Å². The van der Waals surface area contributed by atoms with E-state index in [9.17, 15) is 0 Å². The van der Waals surface area contributed by atoms with Gasteiger partial charge in [0.1, 0.15) is 0 Å². The number of rotatable bonds is 13. The molecular weight excluding hydrogens is 291 g/mol. The van der Waals surface area contributed by atoms with Gasteiger partial charge in [-0.3, -0.25) is 0 Å². The van der Waals surface area contributed by atoms with Crippen molar-refractivity contribution < 1.29 is 28.3 Å². The van der Waals surface area contributed by atoms with E-state index in [2.05, 4.69) is 20.8 Å². The van der Waals surface area contributed by atoms with Crippen LogP contribution < -0.4 is 0 Å². The molecule has 0 saturated heterocycles. The molecule has 3 heteroatoms. The fourth-order valence-corrected chi connectivity index (χ4v) is 5.73. The quantitative estimate of drug-likeness (QED) is 0.441. The van der Waals surface area contributed by atoms with Crippen molar-refractivity contribution in [2.75, 3.05) is 13.2 Å². The topological polar surface area (TPSA) is 18.5 Å². The summed E-state index contributed by atoms with van der Waals surface area (Å²) in [7, 11) is 0. The summed E-state index contributed by atoms with van der Waals surface area (Å²) in [4.78, 5) is 0. The first kappa shape index (κ1) is 17.8. The monoisotopic (exact) mass is 321 g/mol. The Hall–Kier alpha value is 0.803. The zero-order valence-electron chi connectivity index (χ0n) is 12.1. The third kappa shape index (κ3) is 13.0. The van der Waals surface area contributed by atoms with Crippen LogP contribution in [0, 0.1) is 0 Å². The number of hydrogen-bond acceptors (Lipinski definition) is 2. The van der Waals surface area contributed by atoms with Crippen LogP contribution in [0.1, 0.15) is 72.1 Å². The number of unbranched alkanes of at least 4 members (excludes halogenated alkanes) is 7. The maximum atomic E-state index is 5.72. The first-order valence-electron chi connectivity index (χ1n) is 7.46. The molecule has 0 aliphatic rings. The van der Waals surface area contributed by atoms with E-state index < -0.39 is 22.6 Å². The van der Waals surface area contributed by atoms with Gasteiger partial charge in [-0.05, 0) is 0 Å². The Kier molecular flexibility index (Phi) is 15.6. The van der Waals surface area contributed by atoms with Gasteiger partial charge >= 0.3 is 118 Å². The summed E-state index contributed by atoms with van der Waals surface area (Å²) in [6, 6.07) is 0. The molecular formula is C14H31O2Zr. The van der Waals surface area contributed by atoms with Gasteiger partial charge < -0.3 is 0 Å². The molecule has 0 radical (unpaired) electrons. The second-order valence-electron chi connectivity index (χ2n) is 4.46. The molecule has 0 aromatic carbocycles. The third-order valence-corrected chi connectivity index (χ3v) is 7.72. The normalized spacial score (nSPS) is 10.8. The maximum absolute atomic E-state index is 5.72. The second kappa shape index (κ2) is 14.9. The Morgan fingerprint density at radius 1 is 0.647 bits per heavy atom. The predicted octanol–water partition coefficient (Wildman–Crippen LogP) is 5.07. The van der Waals surface area contributed by atoms with E-state index in [1.54, 1.807) is 0 Å². The minimum atomic E-state index is -1.86. The van der Waals surface area contributed by atoms with Crippen molar-refractivity contribution in [2.45, 2.75) is 76.3 Å². The van der Waals surface area contributed by atoms with E-state index >= 15 is 0 Å². The summed E-state index contributed by atoms with van der Waals surface area (Å²) in [6.45, 7) is 8.10. The first-order valence-corrected chi connectivity index (χ1v) is 11.2. The molecule has 0 amide bonds. The van der Waals surface area contributed by atoms with Gasteiger partial charge in [0.2, 0.25) is 0 Å². The Bertz CT molecular complexity index is 136. The van der Waals surface area contributed by atoms with Crippen LogP contribution in [0.15, 0.2) is 0 Å². The van der Waals surface area contributed by atoms with Crippen LogP contribution in [0.3, 0.4) is 0 Å². The van der Waals surface area contributed by atoms with Crippen molar-refractivity contribution in [1.29, 1.82) is 0 Å². The fraction of sp³-hybridized carbons (Fsp3) is 1.00. The summed E-state index contributed by atoms with van der Waals surface area (Å²) in [5.74, 6) is 0. The molecule has 0 spiro atoms. The van der Waals surface area contributed by atoms with Gasteiger partial charge in [-0.25, -0.2) is 0 Å². The van der Waals surface area contributed by atoms with Crippen molar-refractivity contribution >= 4 is 0 Å². The van der Waals surface area contributed by atoms with E-state index in [0.717, 1.165) is 13.2 Å². The third-order valence-electron chi connectivity index (χ3n) is 2.85. The van der Waals surface area contributed by atoms with Gasteiger partial charge in [0.25, 0.3) is 0 Å². The van der Waals surface area contributed by atoms with Crippen LogP contribution >= 0.6 is 0 Å². The summed E-state index contributed by atoms with van der Waals surface area (Å²) >= 11 is -1.86. The van der Waals surface area contributed by atoms with Crippen LogP contribution in [0.5, 0.6) is 0 Å². The van der Waals surface area contributed by atoms with E-state index in [1.807, 2.05) is 0 Å². The molecule has 2 nitrogen and oxygen atoms in total. The summed E-state index contributed by atoms with van der Waals surface area (Å²) in [6.07, 6.45) is 11.1. The summed E-state index contributed by atoms with van der Waals surface area (Å²) in [5.41, 5.74) is 0. The zero-order valence-corrected chi connectivity index (χ0v) is 14.6. The predicted molar refractivity (Wildman–Crippen MR) is 70.7 cm³/mol. The van der Waals surface area contributed by atoms with Gasteiger partial charge in [-0.1, -0.05) is 0 Å². The fourth-order valence-electron chi connectivity index (χ4n) is 1.91. The van der Waals surface area contributed by atoms with Gasteiger partial charge in [-0.15, -0.1) is 0 Å².